The quantitative estimate of drug-likeness (QED) is 0.581. The summed E-state index contributed by atoms with van der Waals surface area (Å²) in [7, 11) is 0. The first-order valence-corrected chi connectivity index (χ1v) is 12.3. The summed E-state index contributed by atoms with van der Waals surface area (Å²) in [6.07, 6.45) is 4.06. The van der Waals surface area contributed by atoms with Gasteiger partial charge in [0.2, 0.25) is 0 Å². The van der Waals surface area contributed by atoms with Crippen LogP contribution >= 0.6 is 11.3 Å². The van der Waals surface area contributed by atoms with Gasteiger partial charge >= 0.3 is 0 Å². The van der Waals surface area contributed by atoms with Crippen LogP contribution in [0.1, 0.15) is 50.8 Å². The second kappa shape index (κ2) is 9.46. The van der Waals surface area contributed by atoms with Crippen molar-refractivity contribution in [1.82, 2.24) is 25.0 Å². The number of carbonyl (C=O) groups is 2. The van der Waals surface area contributed by atoms with E-state index >= 15 is 0 Å². The average molecular weight is 482 g/mol. The van der Waals surface area contributed by atoms with Crippen LogP contribution in [0.15, 0.2) is 29.9 Å². The average Bonchev–Trinajstić information content (AvgIpc) is 3.44. The molecule has 0 radical (unpaired) electrons. The Balaban J connectivity index is 1.39. The zero-order valence-corrected chi connectivity index (χ0v) is 20.1. The molecule has 5 rings (SSSR count). The van der Waals surface area contributed by atoms with Gasteiger partial charge in [-0.05, 0) is 17.5 Å². The number of hydrogen-bond donors (Lipinski definition) is 1. The Morgan fingerprint density at radius 2 is 2.12 bits per heavy atom. The number of ether oxygens (including phenoxy) is 2. The first kappa shape index (κ1) is 22.4. The molecule has 0 saturated carbocycles. The highest BCUT2D eigenvalue weighted by molar-refractivity contribution is 7.12. The monoisotopic (exact) mass is 481 g/mol. The summed E-state index contributed by atoms with van der Waals surface area (Å²) in [5, 5.41) is 9.45. The van der Waals surface area contributed by atoms with Crippen LogP contribution in [0.2, 0.25) is 0 Å². The van der Waals surface area contributed by atoms with Crippen molar-refractivity contribution in [2.24, 2.45) is 5.92 Å². The van der Waals surface area contributed by atoms with Crippen molar-refractivity contribution in [2.75, 3.05) is 19.8 Å². The molecule has 0 aromatic carbocycles. The molecular weight excluding hydrogens is 454 g/mol. The minimum atomic E-state index is -0.248. The lowest BCUT2D eigenvalue weighted by Crippen LogP contribution is -2.37. The van der Waals surface area contributed by atoms with Crippen LogP contribution in [0.3, 0.4) is 0 Å². The van der Waals surface area contributed by atoms with Gasteiger partial charge in [0, 0.05) is 55.1 Å². The molecule has 9 nitrogen and oxygen atoms in total. The van der Waals surface area contributed by atoms with E-state index in [0.29, 0.717) is 67.3 Å². The molecule has 3 aromatic rings. The summed E-state index contributed by atoms with van der Waals surface area (Å²) >= 11 is 1.33. The molecule has 0 unspecified atom stereocenters. The maximum absolute atomic E-state index is 13.4. The van der Waals surface area contributed by atoms with E-state index in [9.17, 15) is 9.59 Å². The Morgan fingerprint density at radius 1 is 1.26 bits per heavy atom. The number of carbonyl (C=O) groups excluding carboxylic acids is 2. The molecule has 3 aromatic heterocycles. The minimum Gasteiger partial charge on any atom is -0.485 e. The van der Waals surface area contributed by atoms with E-state index in [4.69, 9.17) is 9.47 Å². The first-order valence-electron chi connectivity index (χ1n) is 11.4. The summed E-state index contributed by atoms with van der Waals surface area (Å²) in [5.41, 5.74) is 3.13. The molecule has 10 heteroatoms. The van der Waals surface area contributed by atoms with Gasteiger partial charge in [-0.1, -0.05) is 19.9 Å². The van der Waals surface area contributed by atoms with E-state index in [1.807, 2.05) is 22.2 Å². The largest absolute Gasteiger partial charge is 0.485 e. The summed E-state index contributed by atoms with van der Waals surface area (Å²) in [4.78, 5) is 32.9. The summed E-state index contributed by atoms with van der Waals surface area (Å²) in [6.45, 7) is 7.12. The molecule has 5 heterocycles. The molecule has 2 amide bonds. The SMILES string of the molecule is CC(C)Cn1nc(C(=O)NCc2cccnc2)c2c1CCN(C(=O)c1scc3c1OCCO3)C2. The fourth-order valence-corrected chi connectivity index (χ4v) is 5.16. The van der Waals surface area contributed by atoms with Gasteiger partial charge in [-0.2, -0.15) is 5.10 Å². The highest BCUT2D eigenvalue weighted by Gasteiger charge is 2.33. The zero-order valence-electron chi connectivity index (χ0n) is 19.2. The van der Waals surface area contributed by atoms with Gasteiger partial charge in [-0.25, -0.2) is 0 Å². The molecular formula is C24H27N5O4S. The number of aromatic nitrogens is 3. The second-order valence-corrected chi connectivity index (χ2v) is 9.71. The summed E-state index contributed by atoms with van der Waals surface area (Å²) in [6, 6.07) is 3.75. The molecule has 0 spiro atoms. The second-order valence-electron chi connectivity index (χ2n) is 8.83. The molecule has 0 fully saturated rings. The van der Waals surface area contributed by atoms with E-state index in [0.717, 1.165) is 23.4 Å². The van der Waals surface area contributed by atoms with Crippen LogP contribution < -0.4 is 14.8 Å². The maximum Gasteiger partial charge on any atom is 0.272 e. The lowest BCUT2D eigenvalue weighted by Gasteiger charge is -2.28. The highest BCUT2D eigenvalue weighted by Crippen LogP contribution is 2.40. The van der Waals surface area contributed by atoms with Gasteiger partial charge in [0.1, 0.15) is 18.1 Å². The molecule has 2 aliphatic rings. The Labute approximate surface area is 201 Å². The number of nitrogens with one attached hydrogen (secondary N) is 1. The van der Waals surface area contributed by atoms with Crippen LogP contribution in [-0.4, -0.2) is 51.2 Å². The van der Waals surface area contributed by atoms with Crippen molar-refractivity contribution < 1.29 is 19.1 Å². The van der Waals surface area contributed by atoms with Gasteiger partial charge in [0.15, 0.2) is 17.2 Å². The molecule has 0 bridgehead atoms. The third-order valence-electron chi connectivity index (χ3n) is 5.85. The third-order valence-corrected chi connectivity index (χ3v) is 6.77. The van der Waals surface area contributed by atoms with Crippen molar-refractivity contribution in [2.45, 2.75) is 39.9 Å². The first-order chi connectivity index (χ1) is 16.5. The molecule has 0 aliphatic carbocycles. The normalized spacial score (nSPS) is 14.7. The molecule has 0 saturated heterocycles. The predicted octanol–water partition coefficient (Wildman–Crippen LogP) is 2.90. The van der Waals surface area contributed by atoms with E-state index < -0.39 is 0 Å². The maximum atomic E-state index is 13.4. The molecule has 1 N–H and O–H groups in total. The summed E-state index contributed by atoms with van der Waals surface area (Å²) in [5.74, 6) is 1.17. The van der Waals surface area contributed by atoms with Crippen molar-refractivity contribution in [1.29, 1.82) is 0 Å². The van der Waals surface area contributed by atoms with E-state index in [2.05, 4.69) is 29.2 Å². The number of thiophene rings is 1. The lowest BCUT2D eigenvalue weighted by molar-refractivity contribution is 0.0726. The van der Waals surface area contributed by atoms with Gasteiger partial charge in [-0.3, -0.25) is 19.3 Å². The van der Waals surface area contributed by atoms with Gasteiger partial charge in [-0.15, -0.1) is 11.3 Å². The van der Waals surface area contributed by atoms with Crippen molar-refractivity contribution in [3.05, 3.63) is 57.3 Å². The standard InChI is InChI=1S/C24H27N5O4S/c1-15(2)12-29-18-5-7-28(24(31)22-21-19(14-34-22)32-8-9-33-21)13-17(18)20(27-29)23(30)26-11-16-4-3-6-25-10-16/h3-4,6,10,14-15H,5,7-9,11-13H2,1-2H3,(H,26,30). The number of hydrogen-bond acceptors (Lipinski definition) is 7. The molecule has 178 valence electrons. The minimum absolute atomic E-state index is 0.110. The van der Waals surface area contributed by atoms with Crippen LogP contribution in [0.25, 0.3) is 0 Å². The van der Waals surface area contributed by atoms with Gasteiger partial charge in [0.05, 0.1) is 6.54 Å². The van der Waals surface area contributed by atoms with Crippen molar-refractivity contribution >= 4 is 23.2 Å². The van der Waals surface area contributed by atoms with Gasteiger partial charge < -0.3 is 19.7 Å². The number of fused-ring (bicyclic) bond motifs is 2. The predicted molar refractivity (Wildman–Crippen MR) is 126 cm³/mol. The lowest BCUT2D eigenvalue weighted by atomic mass is 10.0. The highest BCUT2D eigenvalue weighted by atomic mass is 32.1. The van der Waals surface area contributed by atoms with Gasteiger partial charge in [0.25, 0.3) is 11.8 Å². The number of pyridine rings is 1. The fourth-order valence-electron chi connectivity index (χ4n) is 4.27. The van der Waals surface area contributed by atoms with E-state index in [-0.39, 0.29) is 11.8 Å². The van der Waals surface area contributed by atoms with E-state index in [1.54, 1.807) is 17.3 Å². The summed E-state index contributed by atoms with van der Waals surface area (Å²) < 4.78 is 13.2. The topological polar surface area (TPSA) is 98.6 Å². The number of nitrogens with zero attached hydrogens (tertiary/aromatic N) is 4. The molecule has 0 atom stereocenters. The molecule has 2 aliphatic heterocycles. The Bertz CT molecular complexity index is 1200. The van der Waals surface area contributed by atoms with E-state index in [1.165, 1.54) is 11.3 Å². The van der Waals surface area contributed by atoms with Crippen molar-refractivity contribution in [3.8, 4) is 11.5 Å². The van der Waals surface area contributed by atoms with Crippen LogP contribution in [-0.2, 0) is 26.1 Å². The molecule has 34 heavy (non-hydrogen) atoms. The fraction of sp³-hybridized carbons (Fsp3) is 0.417. The van der Waals surface area contributed by atoms with Crippen LogP contribution in [0.4, 0.5) is 0 Å². The Hall–Kier alpha value is -3.40. The third kappa shape index (κ3) is 4.37. The van der Waals surface area contributed by atoms with Crippen LogP contribution in [0, 0.1) is 5.92 Å². The smallest absolute Gasteiger partial charge is 0.272 e. The number of amides is 2. The van der Waals surface area contributed by atoms with Crippen LogP contribution in [0.5, 0.6) is 11.5 Å². The number of rotatable bonds is 6. The zero-order chi connectivity index (χ0) is 23.7. The Morgan fingerprint density at radius 3 is 2.91 bits per heavy atom. The van der Waals surface area contributed by atoms with Crippen molar-refractivity contribution in [3.63, 3.8) is 0 Å². The Kier molecular flexibility index (Phi) is 6.23.